The van der Waals surface area contributed by atoms with E-state index in [1.165, 1.54) is 15.6 Å². The van der Waals surface area contributed by atoms with Crippen molar-refractivity contribution in [2.24, 2.45) is 0 Å². The van der Waals surface area contributed by atoms with Gasteiger partial charge >= 0.3 is 0 Å². The van der Waals surface area contributed by atoms with E-state index in [2.05, 4.69) is 9.71 Å². The molecule has 8 heteroatoms. The Morgan fingerprint density at radius 2 is 2.19 bits per heavy atom. The van der Waals surface area contributed by atoms with E-state index in [4.69, 9.17) is 5.73 Å². The van der Waals surface area contributed by atoms with Crippen molar-refractivity contribution in [3.05, 3.63) is 11.1 Å². The van der Waals surface area contributed by atoms with Crippen molar-refractivity contribution in [2.75, 3.05) is 18.8 Å². The number of nitrogens with zero attached hydrogens (tertiary/aromatic N) is 2. The minimum absolute atomic E-state index is 0.201. The van der Waals surface area contributed by atoms with Crippen LogP contribution in [0.15, 0.2) is 5.38 Å². The number of nitrogens with two attached hydrogens (primary N) is 1. The number of thiazole rings is 1. The number of hydrogen-bond acceptors (Lipinski definition) is 5. The third-order valence-corrected chi connectivity index (χ3v) is 4.69. The fourth-order valence-corrected chi connectivity index (χ4v) is 3.40. The molecule has 1 saturated heterocycles. The Kier molecular flexibility index (Phi) is 3.43. The van der Waals surface area contributed by atoms with Crippen LogP contribution in [0, 0.1) is 0 Å². The molecule has 0 spiro atoms. The molecular weight excluding hydrogens is 248 g/mol. The molecule has 1 aromatic heterocycles. The summed E-state index contributed by atoms with van der Waals surface area (Å²) in [7, 11) is -3.34. The van der Waals surface area contributed by atoms with E-state index in [1.54, 1.807) is 5.38 Å². The van der Waals surface area contributed by atoms with Gasteiger partial charge in [-0.25, -0.2) is 4.98 Å². The van der Waals surface area contributed by atoms with Crippen molar-refractivity contribution in [3.63, 3.8) is 0 Å². The van der Waals surface area contributed by atoms with Crippen molar-refractivity contribution >= 4 is 26.7 Å². The lowest BCUT2D eigenvalue weighted by atomic mass is 10.4. The quantitative estimate of drug-likeness (QED) is 0.808. The minimum Gasteiger partial charge on any atom is -0.375 e. The highest BCUT2D eigenvalue weighted by Gasteiger charge is 2.24. The highest BCUT2D eigenvalue weighted by Crippen LogP contribution is 2.13. The van der Waals surface area contributed by atoms with Crippen LogP contribution in [0.3, 0.4) is 0 Å². The zero-order chi connectivity index (χ0) is 11.6. The first-order valence-corrected chi connectivity index (χ1v) is 7.34. The fraction of sp³-hybridized carbons (Fsp3) is 0.625. The highest BCUT2D eigenvalue weighted by molar-refractivity contribution is 7.87. The van der Waals surface area contributed by atoms with Gasteiger partial charge in [-0.3, -0.25) is 0 Å². The first-order chi connectivity index (χ1) is 7.58. The largest absolute Gasteiger partial charge is 0.375 e. The van der Waals surface area contributed by atoms with Gasteiger partial charge in [0.05, 0.1) is 12.2 Å². The predicted molar refractivity (Wildman–Crippen MR) is 63.1 cm³/mol. The third-order valence-electron chi connectivity index (χ3n) is 2.41. The van der Waals surface area contributed by atoms with Crippen LogP contribution in [0.2, 0.25) is 0 Å². The zero-order valence-corrected chi connectivity index (χ0v) is 10.4. The maximum atomic E-state index is 11.8. The molecule has 1 aromatic rings. The van der Waals surface area contributed by atoms with Crippen molar-refractivity contribution < 1.29 is 8.42 Å². The summed E-state index contributed by atoms with van der Waals surface area (Å²) in [5.74, 6) is 0. The lowest BCUT2D eigenvalue weighted by Gasteiger charge is -2.15. The van der Waals surface area contributed by atoms with Crippen LogP contribution >= 0.6 is 11.3 Å². The normalized spacial score (nSPS) is 18.0. The monoisotopic (exact) mass is 262 g/mol. The van der Waals surface area contributed by atoms with Crippen molar-refractivity contribution in [2.45, 2.75) is 19.4 Å². The Morgan fingerprint density at radius 1 is 1.50 bits per heavy atom. The number of aromatic nitrogens is 1. The third kappa shape index (κ3) is 2.70. The van der Waals surface area contributed by atoms with Crippen LogP contribution in [0.4, 0.5) is 5.13 Å². The zero-order valence-electron chi connectivity index (χ0n) is 8.72. The minimum atomic E-state index is -3.34. The topological polar surface area (TPSA) is 88.3 Å². The molecule has 0 amide bonds. The van der Waals surface area contributed by atoms with Gasteiger partial charge in [0.1, 0.15) is 0 Å². The predicted octanol–water partition coefficient (Wildman–Crippen LogP) is 0.155. The number of nitrogens with one attached hydrogen (secondary N) is 1. The second-order valence-corrected chi connectivity index (χ2v) is 6.25. The van der Waals surface area contributed by atoms with Gasteiger partial charge < -0.3 is 5.73 Å². The Bertz CT molecular complexity index is 450. The molecule has 0 bridgehead atoms. The van der Waals surface area contributed by atoms with Gasteiger partial charge in [0.25, 0.3) is 10.2 Å². The van der Waals surface area contributed by atoms with Gasteiger partial charge in [0.2, 0.25) is 0 Å². The number of rotatable bonds is 4. The maximum absolute atomic E-state index is 11.8. The molecule has 3 N–H and O–H groups in total. The summed E-state index contributed by atoms with van der Waals surface area (Å²) < 4.78 is 27.5. The Labute approximate surface area is 98.7 Å². The van der Waals surface area contributed by atoms with E-state index >= 15 is 0 Å². The number of anilines is 1. The molecule has 6 nitrogen and oxygen atoms in total. The molecule has 1 fully saturated rings. The van der Waals surface area contributed by atoms with Crippen LogP contribution in [0.1, 0.15) is 18.5 Å². The van der Waals surface area contributed by atoms with E-state index in [9.17, 15) is 8.42 Å². The first kappa shape index (κ1) is 11.8. The highest BCUT2D eigenvalue weighted by atomic mass is 32.2. The molecule has 0 atom stereocenters. The summed E-state index contributed by atoms with van der Waals surface area (Å²) in [5, 5.41) is 2.21. The summed E-state index contributed by atoms with van der Waals surface area (Å²) in [5.41, 5.74) is 6.12. The smallest absolute Gasteiger partial charge is 0.279 e. The molecule has 16 heavy (non-hydrogen) atoms. The van der Waals surface area contributed by atoms with Crippen molar-refractivity contribution in [1.29, 1.82) is 0 Å². The molecule has 2 rings (SSSR count). The lowest BCUT2D eigenvalue weighted by molar-refractivity contribution is 0.464. The summed E-state index contributed by atoms with van der Waals surface area (Å²) in [6.45, 7) is 1.41. The van der Waals surface area contributed by atoms with E-state index in [-0.39, 0.29) is 6.54 Å². The van der Waals surface area contributed by atoms with Crippen LogP contribution in [-0.4, -0.2) is 30.8 Å². The maximum Gasteiger partial charge on any atom is 0.279 e. The number of hydrogen-bond donors (Lipinski definition) is 2. The second kappa shape index (κ2) is 4.66. The fourth-order valence-electron chi connectivity index (χ4n) is 1.59. The van der Waals surface area contributed by atoms with E-state index in [0.717, 1.165) is 12.8 Å². The van der Waals surface area contributed by atoms with Gasteiger partial charge in [-0.05, 0) is 12.8 Å². The molecule has 2 heterocycles. The summed E-state index contributed by atoms with van der Waals surface area (Å²) >= 11 is 1.31. The Balaban J connectivity index is 1.94. The van der Waals surface area contributed by atoms with E-state index in [0.29, 0.717) is 23.9 Å². The molecule has 1 aliphatic rings. The van der Waals surface area contributed by atoms with Gasteiger partial charge in [0.15, 0.2) is 5.13 Å². The molecule has 1 aliphatic heterocycles. The van der Waals surface area contributed by atoms with Crippen LogP contribution < -0.4 is 10.5 Å². The number of nitrogen functional groups attached to an aromatic ring is 1. The van der Waals surface area contributed by atoms with Crippen molar-refractivity contribution in [3.8, 4) is 0 Å². The summed E-state index contributed by atoms with van der Waals surface area (Å²) in [4.78, 5) is 3.99. The van der Waals surface area contributed by atoms with Gasteiger partial charge in [0, 0.05) is 18.5 Å². The first-order valence-electron chi connectivity index (χ1n) is 5.02. The molecule has 0 unspecified atom stereocenters. The SMILES string of the molecule is Nc1nc(CNS(=O)(=O)N2CCCC2)cs1. The summed E-state index contributed by atoms with van der Waals surface area (Å²) in [6.07, 6.45) is 1.87. The summed E-state index contributed by atoms with van der Waals surface area (Å²) in [6, 6.07) is 0. The van der Waals surface area contributed by atoms with E-state index in [1.807, 2.05) is 0 Å². The molecule has 0 saturated carbocycles. The molecule has 90 valence electrons. The van der Waals surface area contributed by atoms with Gasteiger partial charge in [-0.1, -0.05) is 0 Å². The Morgan fingerprint density at radius 3 is 2.75 bits per heavy atom. The average molecular weight is 262 g/mol. The molecular formula is C8H14N4O2S2. The van der Waals surface area contributed by atoms with Crippen LogP contribution in [0.5, 0.6) is 0 Å². The molecule has 0 aromatic carbocycles. The van der Waals surface area contributed by atoms with Crippen LogP contribution in [0.25, 0.3) is 0 Å². The second-order valence-electron chi connectivity index (χ2n) is 3.61. The van der Waals surface area contributed by atoms with Crippen LogP contribution in [-0.2, 0) is 16.8 Å². The molecule has 0 radical (unpaired) electrons. The van der Waals surface area contributed by atoms with Crippen molar-refractivity contribution in [1.82, 2.24) is 14.0 Å². The molecule has 0 aliphatic carbocycles. The lowest BCUT2D eigenvalue weighted by Crippen LogP contribution is -2.38. The van der Waals surface area contributed by atoms with Gasteiger partial charge in [-0.15, -0.1) is 11.3 Å². The van der Waals surface area contributed by atoms with E-state index < -0.39 is 10.2 Å². The van der Waals surface area contributed by atoms with Gasteiger partial charge in [-0.2, -0.15) is 17.4 Å². The standard InChI is InChI=1S/C8H14N4O2S2/c9-8-11-7(6-15-8)5-10-16(13,14)12-3-1-2-4-12/h6,10H,1-5H2,(H2,9,11). The average Bonchev–Trinajstić information content (AvgIpc) is 2.85. The Hall–Kier alpha value is -0.700.